The minimum atomic E-state index is -1.32. The number of nitrogens with one attached hydrogen (secondary N) is 1. The largest absolute Gasteiger partial charge is 0.490 e. The molecule has 0 bridgehead atoms. The average Bonchev–Trinajstić information content (AvgIpc) is 2.72. The van der Waals surface area contributed by atoms with Crippen molar-refractivity contribution in [3.8, 4) is 11.5 Å². The van der Waals surface area contributed by atoms with Crippen LogP contribution in [0.1, 0.15) is 31.9 Å². The second-order valence-corrected chi connectivity index (χ2v) is 8.55. The molecule has 0 aromatic heterocycles. The van der Waals surface area contributed by atoms with Gasteiger partial charge in [0.2, 0.25) is 0 Å². The van der Waals surface area contributed by atoms with Gasteiger partial charge in [0.1, 0.15) is 5.57 Å². The lowest BCUT2D eigenvalue weighted by molar-refractivity contribution is -0.222. The summed E-state index contributed by atoms with van der Waals surface area (Å²) in [6, 6.07) is 10.6. The number of rotatable bonds is 7. The molecule has 9 heteroatoms. The minimum absolute atomic E-state index is 0.242. The van der Waals surface area contributed by atoms with Crippen molar-refractivity contribution in [3.63, 3.8) is 0 Å². The maximum Gasteiger partial charge on any atom is 0.348 e. The van der Waals surface area contributed by atoms with Crippen LogP contribution in [0.4, 0.5) is 5.69 Å². The molecular weight excluding hydrogens is 494 g/mol. The number of benzene rings is 2. The van der Waals surface area contributed by atoms with Gasteiger partial charge < -0.3 is 24.3 Å². The summed E-state index contributed by atoms with van der Waals surface area (Å²) < 4.78 is 22.1. The van der Waals surface area contributed by atoms with Gasteiger partial charge in [0.05, 0.1) is 6.61 Å². The maximum atomic E-state index is 12.3. The normalized spacial score (nSPS) is 14.8. The second kappa shape index (κ2) is 10.1. The number of carbonyl (C=O) groups is 3. The van der Waals surface area contributed by atoms with Crippen LogP contribution in [0, 0.1) is 6.92 Å². The summed E-state index contributed by atoms with van der Waals surface area (Å²) in [7, 11) is 0. The maximum absolute atomic E-state index is 12.3. The Balaban J connectivity index is 1.78. The van der Waals surface area contributed by atoms with Crippen molar-refractivity contribution in [2.45, 2.75) is 33.5 Å². The molecule has 1 fully saturated rings. The molecule has 1 saturated heterocycles. The quantitative estimate of drug-likeness (QED) is 0.330. The van der Waals surface area contributed by atoms with Gasteiger partial charge in [-0.2, -0.15) is 0 Å². The number of hydrogen-bond acceptors (Lipinski definition) is 7. The Labute approximate surface area is 200 Å². The minimum Gasteiger partial charge on any atom is -0.490 e. The SMILES string of the molecule is CCOc1cc(C=C2C(=O)OC(C)(C)OC2=O)c(Br)cc1OCC(=O)Nc1ccc(C)cc1. The van der Waals surface area contributed by atoms with Gasteiger partial charge >= 0.3 is 11.9 Å². The fraction of sp³-hybridized carbons (Fsp3) is 0.292. The van der Waals surface area contributed by atoms with Crippen molar-refractivity contribution >= 4 is 45.5 Å². The standard InChI is InChI=1S/C24H24BrNO7/c1-5-30-19-11-15(10-17-22(28)32-24(3,4)33-23(17)29)18(25)12-20(19)31-13-21(27)26-16-8-6-14(2)7-9-16/h6-12H,5,13H2,1-4H3,(H,26,27). The first kappa shape index (κ1) is 24.3. The monoisotopic (exact) mass is 517 g/mol. The van der Waals surface area contributed by atoms with E-state index in [1.165, 1.54) is 19.9 Å². The summed E-state index contributed by atoms with van der Waals surface area (Å²) in [5, 5.41) is 2.76. The first-order valence-corrected chi connectivity index (χ1v) is 11.0. The van der Waals surface area contributed by atoms with E-state index in [0.717, 1.165) is 5.56 Å². The van der Waals surface area contributed by atoms with Crippen LogP contribution in [0.25, 0.3) is 6.08 Å². The van der Waals surface area contributed by atoms with E-state index >= 15 is 0 Å². The van der Waals surface area contributed by atoms with Gasteiger partial charge in [-0.05, 0) is 49.8 Å². The van der Waals surface area contributed by atoms with Crippen LogP contribution in [-0.2, 0) is 23.9 Å². The van der Waals surface area contributed by atoms with Gasteiger partial charge in [-0.3, -0.25) is 4.79 Å². The van der Waals surface area contributed by atoms with Crippen LogP contribution in [0.3, 0.4) is 0 Å². The van der Waals surface area contributed by atoms with Crippen LogP contribution in [0.15, 0.2) is 46.4 Å². The summed E-state index contributed by atoms with van der Waals surface area (Å²) in [5.74, 6) is -2.56. The molecule has 1 amide bonds. The Morgan fingerprint density at radius 2 is 1.67 bits per heavy atom. The molecule has 0 saturated carbocycles. The zero-order chi connectivity index (χ0) is 24.2. The third-order valence-corrected chi connectivity index (χ3v) is 5.16. The molecular formula is C24H24BrNO7. The van der Waals surface area contributed by atoms with Crippen LogP contribution in [0.5, 0.6) is 11.5 Å². The molecule has 0 aliphatic carbocycles. The summed E-state index contributed by atoms with van der Waals surface area (Å²) >= 11 is 3.40. The average molecular weight is 518 g/mol. The number of ether oxygens (including phenoxy) is 4. The first-order chi connectivity index (χ1) is 15.6. The Hall–Kier alpha value is -3.33. The molecule has 1 heterocycles. The highest BCUT2D eigenvalue weighted by atomic mass is 79.9. The highest BCUT2D eigenvalue weighted by Crippen LogP contribution is 2.36. The molecule has 3 rings (SSSR count). The Kier molecular flexibility index (Phi) is 7.43. The number of esters is 2. The van der Waals surface area contributed by atoms with Crippen molar-refractivity contribution in [2.24, 2.45) is 0 Å². The number of anilines is 1. The zero-order valence-corrected chi connectivity index (χ0v) is 20.3. The summed E-state index contributed by atoms with van der Waals surface area (Å²) in [5.41, 5.74) is 1.97. The predicted octanol–water partition coefficient (Wildman–Crippen LogP) is 4.39. The number of cyclic esters (lactones) is 2. The smallest absolute Gasteiger partial charge is 0.348 e. The van der Waals surface area contributed by atoms with Gasteiger partial charge in [0, 0.05) is 24.0 Å². The topological polar surface area (TPSA) is 100 Å². The van der Waals surface area contributed by atoms with E-state index in [1.807, 2.05) is 19.1 Å². The van der Waals surface area contributed by atoms with E-state index in [2.05, 4.69) is 21.2 Å². The van der Waals surface area contributed by atoms with Crippen molar-refractivity contribution in [2.75, 3.05) is 18.5 Å². The first-order valence-electron chi connectivity index (χ1n) is 10.2. The van der Waals surface area contributed by atoms with Gasteiger partial charge in [-0.1, -0.05) is 33.6 Å². The number of halogens is 1. The Morgan fingerprint density at radius 3 is 2.27 bits per heavy atom. The number of hydrogen-bond donors (Lipinski definition) is 1. The van der Waals surface area contributed by atoms with E-state index in [9.17, 15) is 14.4 Å². The zero-order valence-electron chi connectivity index (χ0n) is 18.7. The molecule has 1 N–H and O–H groups in total. The molecule has 33 heavy (non-hydrogen) atoms. The third kappa shape index (κ3) is 6.35. The number of amides is 1. The van der Waals surface area contributed by atoms with Crippen molar-refractivity contribution in [1.82, 2.24) is 0 Å². The summed E-state index contributed by atoms with van der Waals surface area (Å²) in [6.07, 6.45) is 1.35. The molecule has 1 aliphatic heterocycles. The van der Waals surface area contributed by atoms with E-state index < -0.39 is 17.7 Å². The van der Waals surface area contributed by atoms with E-state index in [4.69, 9.17) is 18.9 Å². The second-order valence-electron chi connectivity index (χ2n) is 7.69. The van der Waals surface area contributed by atoms with Crippen molar-refractivity contribution < 1.29 is 33.3 Å². The lowest BCUT2D eigenvalue weighted by atomic mass is 10.1. The van der Waals surface area contributed by atoms with Gasteiger partial charge in [-0.15, -0.1) is 0 Å². The third-order valence-electron chi connectivity index (χ3n) is 4.47. The Bertz CT molecular complexity index is 1080. The molecule has 8 nitrogen and oxygen atoms in total. The fourth-order valence-corrected chi connectivity index (χ4v) is 3.39. The van der Waals surface area contributed by atoms with E-state index in [-0.39, 0.29) is 18.1 Å². The van der Waals surface area contributed by atoms with E-state index in [0.29, 0.717) is 33.8 Å². The highest BCUT2D eigenvalue weighted by Gasteiger charge is 2.39. The Morgan fingerprint density at radius 1 is 1.06 bits per heavy atom. The molecule has 2 aromatic carbocycles. The van der Waals surface area contributed by atoms with E-state index in [1.54, 1.807) is 31.2 Å². The van der Waals surface area contributed by atoms with Crippen LogP contribution >= 0.6 is 15.9 Å². The molecule has 174 valence electrons. The van der Waals surface area contributed by atoms with Gasteiger partial charge in [0.25, 0.3) is 11.7 Å². The van der Waals surface area contributed by atoms with Crippen molar-refractivity contribution in [1.29, 1.82) is 0 Å². The van der Waals surface area contributed by atoms with Crippen LogP contribution < -0.4 is 14.8 Å². The lowest BCUT2D eigenvalue weighted by Gasteiger charge is -2.29. The van der Waals surface area contributed by atoms with Gasteiger partial charge in [-0.25, -0.2) is 9.59 Å². The fourth-order valence-electron chi connectivity index (χ4n) is 2.95. The molecule has 0 atom stereocenters. The summed E-state index contributed by atoms with van der Waals surface area (Å²) in [6.45, 7) is 6.80. The highest BCUT2D eigenvalue weighted by molar-refractivity contribution is 9.10. The van der Waals surface area contributed by atoms with Crippen LogP contribution in [-0.4, -0.2) is 36.8 Å². The predicted molar refractivity (Wildman–Crippen MR) is 125 cm³/mol. The lowest BCUT2D eigenvalue weighted by Crippen LogP contribution is -2.41. The number of aryl methyl sites for hydroxylation is 1. The molecule has 1 aliphatic rings. The van der Waals surface area contributed by atoms with Crippen LogP contribution in [0.2, 0.25) is 0 Å². The summed E-state index contributed by atoms with van der Waals surface area (Å²) in [4.78, 5) is 36.8. The number of carbonyl (C=O) groups excluding carboxylic acids is 3. The molecule has 2 aromatic rings. The molecule has 0 radical (unpaired) electrons. The molecule has 0 spiro atoms. The van der Waals surface area contributed by atoms with Gasteiger partial charge in [0.15, 0.2) is 18.1 Å². The van der Waals surface area contributed by atoms with Crippen molar-refractivity contribution in [3.05, 3.63) is 57.6 Å². The molecule has 0 unspecified atom stereocenters.